The first-order valence-electron chi connectivity index (χ1n) is 15.0. The summed E-state index contributed by atoms with van der Waals surface area (Å²) in [5.74, 6) is -0.953. The van der Waals surface area contributed by atoms with E-state index in [9.17, 15) is 35.3 Å². The summed E-state index contributed by atoms with van der Waals surface area (Å²) < 4.78 is 13.5. The van der Waals surface area contributed by atoms with E-state index in [-0.39, 0.29) is 64.8 Å². The first-order valence-corrected chi connectivity index (χ1v) is 18.2. The SMILES string of the molecule is O=C1NCCc2cc(Br)c(O)c(c2)Oc2ccc(cc2Br)[C@H](O)CNC(=O)/C(=N/O)Cc2cc(Br)c(O)c(c2)Oc2ccc(cc2Br)C/C1=N\O. The molecular weight excluding hydrogens is 928 g/mol. The Morgan fingerprint density at radius 1 is 0.627 bits per heavy atom. The summed E-state index contributed by atoms with van der Waals surface area (Å²) in [6.07, 6.45) is -1.01. The van der Waals surface area contributed by atoms with Gasteiger partial charge in [0.05, 0.1) is 24.0 Å². The molecule has 8 bridgehead atoms. The van der Waals surface area contributed by atoms with Gasteiger partial charge in [-0.05, 0) is 141 Å². The number of phenols is 2. The largest absolute Gasteiger partial charge is 0.503 e. The van der Waals surface area contributed by atoms with E-state index in [0.29, 0.717) is 53.6 Å². The van der Waals surface area contributed by atoms with E-state index in [4.69, 9.17) is 9.47 Å². The Balaban J connectivity index is 1.47. The lowest BCUT2D eigenvalue weighted by Crippen LogP contribution is -2.35. The summed E-state index contributed by atoms with van der Waals surface area (Å²) in [5, 5.41) is 63.2. The number of aromatic hydroxyl groups is 2. The third kappa shape index (κ3) is 9.39. The zero-order chi connectivity index (χ0) is 36.8. The fraction of sp³-hybridized carbons (Fsp3) is 0.176. The Bertz CT molecular complexity index is 2060. The average molecular weight is 956 g/mol. The quantitative estimate of drug-likeness (QED) is 0.0716. The lowest BCUT2D eigenvalue weighted by atomic mass is 10.1. The van der Waals surface area contributed by atoms with Gasteiger partial charge in [0.15, 0.2) is 23.0 Å². The summed E-state index contributed by atoms with van der Waals surface area (Å²) in [6.45, 7) is -0.0539. The first-order chi connectivity index (χ1) is 24.4. The molecule has 1 atom stereocenters. The van der Waals surface area contributed by atoms with Gasteiger partial charge in [-0.15, -0.1) is 0 Å². The summed E-state index contributed by atoms with van der Waals surface area (Å²) >= 11 is 13.5. The summed E-state index contributed by atoms with van der Waals surface area (Å²) in [7, 11) is 0. The molecule has 0 saturated heterocycles. The fourth-order valence-corrected chi connectivity index (χ4v) is 6.94. The highest BCUT2D eigenvalue weighted by molar-refractivity contribution is 9.11. The van der Waals surface area contributed by atoms with Crippen LogP contribution < -0.4 is 20.1 Å². The highest BCUT2D eigenvalue weighted by Crippen LogP contribution is 2.42. The van der Waals surface area contributed by atoms with Gasteiger partial charge in [-0.3, -0.25) is 9.59 Å². The number of aliphatic hydroxyl groups excluding tert-OH is 1. The number of amides is 2. The third-order valence-corrected chi connectivity index (χ3v) is 10.1. The molecule has 4 aromatic rings. The molecule has 0 spiro atoms. The summed E-state index contributed by atoms with van der Waals surface area (Å²) in [6, 6.07) is 16.0. The van der Waals surface area contributed by atoms with Crippen molar-refractivity contribution in [3.8, 4) is 34.5 Å². The van der Waals surface area contributed by atoms with Gasteiger partial charge in [0, 0.05) is 25.9 Å². The Morgan fingerprint density at radius 2 is 1.14 bits per heavy atom. The minimum absolute atomic E-state index is 0.0216. The van der Waals surface area contributed by atoms with Crippen LogP contribution in [-0.4, -0.2) is 62.1 Å². The monoisotopic (exact) mass is 952 g/mol. The van der Waals surface area contributed by atoms with Crippen LogP contribution in [0, 0.1) is 0 Å². The number of carbonyl (C=O) groups is 2. The molecule has 8 rings (SSSR count). The predicted octanol–water partition coefficient (Wildman–Crippen LogP) is 7.00. The maximum Gasteiger partial charge on any atom is 0.269 e. The van der Waals surface area contributed by atoms with Crippen LogP contribution >= 0.6 is 63.7 Å². The molecule has 4 aliphatic heterocycles. The van der Waals surface area contributed by atoms with Crippen LogP contribution in [0.25, 0.3) is 0 Å². The Morgan fingerprint density at radius 3 is 1.73 bits per heavy atom. The lowest BCUT2D eigenvalue weighted by Gasteiger charge is -2.16. The second-order valence-corrected chi connectivity index (χ2v) is 14.6. The maximum atomic E-state index is 13.0. The van der Waals surface area contributed by atoms with Crippen LogP contribution in [0.2, 0.25) is 0 Å². The lowest BCUT2D eigenvalue weighted by molar-refractivity contribution is -0.116. The molecule has 0 aromatic heterocycles. The van der Waals surface area contributed by atoms with Crippen LogP contribution in [0.4, 0.5) is 0 Å². The molecular formula is C34H28Br4N4O9. The van der Waals surface area contributed by atoms with Gasteiger partial charge in [-0.1, -0.05) is 22.4 Å². The number of hydrogen-bond acceptors (Lipinski definition) is 11. The highest BCUT2D eigenvalue weighted by Gasteiger charge is 2.21. The average Bonchev–Trinajstić information content (AvgIpc) is 3.10. The van der Waals surface area contributed by atoms with Crippen molar-refractivity contribution >= 4 is 87.0 Å². The van der Waals surface area contributed by atoms with Crippen molar-refractivity contribution in [2.75, 3.05) is 13.1 Å². The molecule has 2 amide bonds. The molecule has 4 aromatic carbocycles. The molecule has 266 valence electrons. The van der Waals surface area contributed by atoms with E-state index in [1.54, 1.807) is 48.5 Å². The predicted molar refractivity (Wildman–Crippen MR) is 201 cm³/mol. The Kier molecular flexibility index (Phi) is 12.6. The number of oxime groups is 2. The third-order valence-electron chi connectivity index (χ3n) is 7.62. The van der Waals surface area contributed by atoms with Crippen LogP contribution in [-0.2, 0) is 28.9 Å². The van der Waals surface area contributed by atoms with Gasteiger partial charge in [0.2, 0.25) is 0 Å². The van der Waals surface area contributed by atoms with Crippen LogP contribution in [0.1, 0.15) is 28.4 Å². The number of benzene rings is 4. The molecule has 4 aliphatic rings. The number of halogens is 4. The minimum Gasteiger partial charge on any atom is -0.503 e. The molecule has 4 heterocycles. The number of nitrogens with zero attached hydrogens (tertiary/aromatic N) is 2. The van der Waals surface area contributed by atoms with E-state index >= 15 is 0 Å². The number of ether oxygens (including phenoxy) is 2. The van der Waals surface area contributed by atoms with Crippen molar-refractivity contribution in [2.24, 2.45) is 10.3 Å². The molecule has 0 radical (unpaired) electrons. The zero-order valence-electron chi connectivity index (χ0n) is 26.2. The van der Waals surface area contributed by atoms with Crippen LogP contribution in [0.3, 0.4) is 0 Å². The smallest absolute Gasteiger partial charge is 0.269 e. The molecule has 17 heteroatoms. The molecule has 0 aliphatic carbocycles. The first kappa shape index (κ1) is 38.1. The van der Waals surface area contributed by atoms with Crippen molar-refractivity contribution in [3.63, 3.8) is 0 Å². The van der Waals surface area contributed by atoms with Gasteiger partial charge in [-0.2, -0.15) is 0 Å². The van der Waals surface area contributed by atoms with E-state index in [0.717, 1.165) is 0 Å². The van der Waals surface area contributed by atoms with Crippen molar-refractivity contribution < 1.29 is 44.8 Å². The highest BCUT2D eigenvalue weighted by atomic mass is 79.9. The second kappa shape index (κ2) is 16.9. The fourth-order valence-electron chi connectivity index (χ4n) is 4.98. The summed E-state index contributed by atoms with van der Waals surface area (Å²) in [5.41, 5.74) is 1.77. The summed E-state index contributed by atoms with van der Waals surface area (Å²) in [4.78, 5) is 25.9. The van der Waals surface area contributed by atoms with Crippen molar-refractivity contribution in [2.45, 2.75) is 25.4 Å². The second-order valence-electron chi connectivity index (χ2n) is 11.2. The molecule has 0 unspecified atom stereocenters. The van der Waals surface area contributed by atoms with E-state index in [1.807, 2.05) is 0 Å². The van der Waals surface area contributed by atoms with Gasteiger partial charge in [0.25, 0.3) is 11.8 Å². The number of carbonyl (C=O) groups excluding carboxylic acids is 2. The van der Waals surface area contributed by atoms with E-state index < -0.39 is 17.9 Å². The Hall–Kier alpha value is -4.16. The normalized spacial score (nSPS) is 17.6. The number of aliphatic hydroxyl groups is 1. The number of nitrogens with one attached hydrogen (secondary N) is 2. The van der Waals surface area contributed by atoms with E-state index in [2.05, 4.69) is 84.7 Å². The molecule has 0 fully saturated rings. The maximum absolute atomic E-state index is 13.0. The van der Waals surface area contributed by atoms with Crippen LogP contribution in [0.15, 0.2) is 88.9 Å². The van der Waals surface area contributed by atoms with Gasteiger partial charge in [-0.25, -0.2) is 0 Å². The van der Waals surface area contributed by atoms with Gasteiger partial charge < -0.3 is 45.8 Å². The zero-order valence-corrected chi connectivity index (χ0v) is 32.5. The number of phenolic OH excluding ortho intramolecular Hbond substituents is 2. The topological polar surface area (TPSA) is 203 Å². The van der Waals surface area contributed by atoms with Crippen LogP contribution in [0.5, 0.6) is 34.5 Å². The molecule has 0 saturated carbocycles. The standard InChI is InChI=1S/C34H28Br4N4O9/c35-20-7-16-1-3-27(20)50-30-13-18(9-23(38)32(30)45)11-25(42-49)34(47)40-15-26(43)19-2-4-28(21(36)14-19)51-29-12-17(8-22(37)31(29)44)5-6-39-33(46)24(10-16)41-48/h1-4,7-9,12-14,26,43-45,48-49H,5-6,10-11,15H2,(H,39,46)(H,40,47)/b41-24+,42-25+/t26-/m1/s1. The molecule has 13 nitrogen and oxygen atoms in total. The Labute approximate surface area is 324 Å². The van der Waals surface area contributed by atoms with Gasteiger partial charge in [0.1, 0.15) is 22.9 Å². The van der Waals surface area contributed by atoms with E-state index in [1.165, 1.54) is 12.1 Å². The van der Waals surface area contributed by atoms with Crippen molar-refractivity contribution in [1.29, 1.82) is 0 Å². The van der Waals surface area contributed by atoms with Crippen molar-refractivity contribution in [3.05, 3.63) is 101 Å². The number of hydrogen-bond donors (Lipinski definition) is 7. The van der Waals surface area contributed by atoms with Gasteiger partial charge >= 0.3 is 0 Å². The minimum atomic E-state index is -1.16. The number of rotatable bonds is 0. The molecule has 51 heavy (non-hydrogen) atoms. The molecule has 7 N–H and O–H groups in total. The van der Waals surface area contributed by atoms with Crippen molar-refractivity contribution in [1.82, 2.24) is 10.6 Å².